The van der Waals surface area contributed by atoms with Crippen molar-refractivity contribution < 1.29 is 0 Å². The Morgan fingerprint density at radius 3 is 2.85 bits per heavy atom. The molecule has 0 atom stereocenters. The van der Waals surface area contributed by atoms with Crippen molar-refractivity contribution in [1.82, 2.24) is 20.2 Å². The fourth-order valence-electron chi connectivity index (χ4n) is 0.942. The number of nitrogens with one attached hydrogen (secondary N) is 1. The molecule has 0 bridgehead atoms. The van der Waals surface area contributed by atoms with Crippen LogP contribution in [-0.2, 0) is 0 Å². The van der Waals surface area contributed by atoms with E-state index in [0.717, 1.165) is 10.2 Å². The monoisotopic (exact) mass is 239 g/mol. The lowest BCUT2D eigenvalue weighted by molar-refractivity contribution is 1.08. The Bertz CT molecular complexity index is 410. The Balaban J connectivity index is 2.53. The molecule has 2 rings (SSSR count). The van der Waals surface area contributed by atoms with Crippen molar-refractivity contribution >= 4 is 21.7 Å². The number of aromatic amines is 1. The zero-order chi connectivity index (χ0) is 9.26. The van der Waals surface area contributed by atoms with E-state index in [4.69, 9.17) is 5.73 Å². The topological polar surface area (TPSA) is 80.5 Å². The molecule has 5 nitrogen and oxygen atoms in total. The van der Waals surface area contributed by atoms with Crippen LogP contribution in [0.2, 0.25) is 0 Å². The summed E-state index contributed by atoms with van der Waals surface area (Å²) in [5.74, 6) is 0.494. The number of anilines is 1. The molecule has 0 radical (unpaired) electrons. The molecule has 0 amide bonds. The van der Waals surface area contributed by atoms with Crippen molar-refractivity contribution in [3.8, 4) is 11.4 Å². The first-order valence-electron chi connectivity index (χ1n) is 3.55. The molecule has 13 heavy (non-hydrogen) atoms. The summed E-state index contributed by atoms with van der Waals surface area (Å²) in [7, 11) is 0. The molecule has 2 aromatic rings. The lowest BCUT2D eigenvalue weighted by atomic mass is 10.3. The van der Waals surface area contributed by atoms with Gasteiger partial charge in [-0.2, -0.15) is 5.10 Å². The van der Waals surface area contributed by atoms with Gasteiger partial charge in [-0.15, -0.1) is 0 Å². The van der Waals surface area contributed by atoms with Crippen LogP contribution in [0.5, 0.6) is 0 Å². The smallest absolute Gasteiger partial charge is 0.134 e. The number of nitrogens with zero attached hydrogens (tertiary/aromatic N) is 3. The van der Waals surface area contributed by atoms with Gasteiger partial charge in [-0.25, -0.2) is 9.97 Å². The highest BCUT2D eigenvalue weighted by molar-refractivity contribution is 9.10. The molecule has 0 aromatic carbocycles. The van der Waals surface area contributed by atoms with Crippen LogP contribution in [0, 0.1) is 0 Å². The predicted octanol–water partition coefficient (Wildman–Crippen LogP) is 1.21. The molecule has 0 aliphatic rings. The quantitative estimate of drug-likeness (QED) is 0.784. The molecular weight excluding hydrogens is 234 g/mol. The third kappa shape index (κ3) is 1.40. The number of hydrogen-bond acceptors (Lipinski definition) is 4. The largest absolute Gasteiger partial charge is 0.383 e. The van der Waals surface area contributed by atoms with Gasteiger partial charge < -0.3 is 5.73 Å². The minimum atomic E-state index is 0.494. The lowest BCUT2D eigenvalue weighted by Gasteiger charge is -1.93. The van der Waals surface area contributed by atoms with Gasteiger partial charge in [0.25, 0.3) is 0 Å². The normalized spacial score (nSPS) is 10.2. The van der Waals surface area contributed by atoms with Crippen LogP contribution in [-0.4, -0.2) is 20.2 Å². The van der Waals surface area contributed by atoms with Gasteiger partial charge in [0, 0.05) is 6.20 Å². The highest BCUT2D eigenvalue weighted by Gasteiger charge is 2.10. The van der Waals surface area contributed by atoms with E-state index in [-0.39, 0.29) is 0 Å². The fourth-order valence-corrected chi connectivity index (χ4v) is 1.32. The minimum absolute atomic E-state index is 0.494. The van der Waals surface area contributed by atoms with Gasteiger partial charge in [0.2, 0.25) is 0 Å². The van der Waals surface area contributed by atoms with Gasteiger partial charge in [0.05, 0.1) is 10.2 Å². The molecule has 0 unspecified atom stereocenters. The Morgan fingerprint density at radius 2 is 2.31 bits per heavy atom. The van der Waals surface area contributed by atoms with Crippen LogP contribution in [0.1, 0.15) is 0 Å². The van der Waals surface area contributed by atoms with Gasteiger partial charge in [-0.3, -0.25) is 5.10 Å². The van der Waals surface area contributed by atoms with Crippen molar-refractivity contribution in [1.29, 1.82) is 0 Å². The maximum Gasteiger partial charge on any atom is 0.134 e. The third-order valence-corrected chi connectivity index (χ3v) is 2.36. The maximum absolute atomic E-state index is 5.57. The highest BCUT2D eigenvalue weighted by Crippen LogP contribution is 2.28. The zero-order valence-electron chi connectivity index (χ0n) is 6.53. The number of aromatic nitrogens is 4. The van der Waals surface area contributed by atoms with Gasteiger partial charge in [-0.05, 0) is 22.0 Å². The molecule has 0 fully saturated rings. The first-order valence-corrected chi connectivity index (χ1v) is 4.34. The Hall–Kier alpha value is -1.43. The second kappa shape index (κ2) is 3.14. The molecule has 66 valence electrons. The summed E-state index contributed by atoms with van der Waals surface area (Å²) in [6.07, 6.45) is 3.12. The van der Waals surface area contributed by atoms with Crippen LogP contribution < -0.4 is 5.73 Å². The van der Waals surface area contributed by atoms with Crippen molar-refractivity contribution in [2.24, 2.45) is 0 Å². The minimum Gasteiger partial charge on any atom is -0.383 e. The summed E-state index contributed by atoms with van der Waals surface area (Å²) in [5, 5.41) is 6.65. The van der Waals surface area contributed by atoms with Crippen LogP contribution >= 0.6 is 15.9 Å². The van der Waals surface area contributed by atoms with Gasteiger partial charge in [-0.1, -0.05) is 0 Å². The molecule has 0 saturated heterocycles. The van der Waals surface area contributed by atoms with Crippen LogP contribution in [0.15, 0.2) is 23.1 Å². The number of hydrogen-bond donors (Lipinski definition) is 2. The molecule has 0 aliphatic carbocycles. The zero-order valence-corrected chi connectivity index (χ0v) is 8.12. The van der Waals surface area contributed by atoms with Crippen LogP contribution in [0.4, 0.5) is 5.82 Å². The van der Waals surface area contributed by atoms with Crippen molar-refractivity contribution in [3.05, 3.63) is 23.1 Å². The summed E-state index contributed by atoms with van der Waals surface area (Å²) < 4.78 is 0.728. The Labute approximate surface area is 82.5 Å². The number of H-pyrrole nitrogens is 1. The Morgan fingerprint density at radius 1 is 1.46 bits per heavy atom. The second-order valence-electron chi connectivity index (χ2n) is 2.39. The third-order valence-electron chi connectivity index (χ3n) is 1.56. The van der Waals surface area contributed by atoms with Gasteiger partial charge >= 0.3 is 0 Å². The standard InChI is InChI=1S/C7H6BrN5/c8-5-6(12-13-7(5)9)4-1-2-10-3-11-4/h1-3H,(H3,9,12,13). The molecular formula is C7H6BrN5. The Kier molecular flexibility index (Phi) is 1.97. The van der Waals surface area contributed by atoms with Crippen molar-refractivity contribution in [2.45, 2.75) is 0 Å². The highest BCUT2D eigenvalue weighted by atomic mass is 79.9. The van der Waals surface area contributed by atoms with Gasteiger partial charge in [0.1, 0.15) is 17.8 Å². The summed E-state index contributed by atoms with van der Waals surface area (Å²) in [6.45, 7) is 0. The molecule has 3 N–H and O–H groups in total. The molecule has 0 saturated carbocycles. The first kappa shape index (κ1) is 8.18. The summed E-state index contributed by atoms with van der Waals surface area (Å²) in [6, 6.07) is 1.76. The van der Waals surface area contributed by atoms with E-state index in [1.165, 1.54) is 6.33 Å². The average Bonchev–Trinajstić information content (AvgIpc) is 2.49. The van der Waals surface area contributed by atoms with E-state index in [9.17, 15) is 0 Å². The maximum atomic E-state index is 5.57. The second-order valence-corrected chi connectivity index (χ2v) is 3.19. The lowest BCUT2D eigenvalue weighted by Crippen LogP contribution is -1.85. The van der Waals surface area contributed by atoms with E-state index >= 15 is 0 Å². The molecule has 6 heteroatoms. The van der Waals surface area contributed by atoms with Crippen molar-refractivity contribution in [2.75, 3.05) is 5.73 Å². The molecule has 0 spiro atoms. The summed E-state index contributed by atoms with van der Waals surface area (Å²) >= 11 is 3.31. The summed E-state index contributed by atoms with van der Waals surface area (Å²) in [4.78, 5) is 7.86. The SMILES string of the molecule is Nc1[nH]nc(-c2ccncn2)c1Br. The number of rotatable bonds is 1. The van der Waals surface area contributed by atoms with E-state index in [0.29, 0.717) is 11.5 Å². The molecule has 2 heterocycles. The van der Waals surface area contributed by atoms with E-state index in [1.54, 1.807) is 12.3 Å². The van der Waals surface area contributed by atoms with Crippen LogP contribution in [0.25, 0.3) is 11.4 Å². The number of nitrogen functional groups attached to an aromatic ring is 1. The van der Waals surface area contributed by atoms with E-state index in [2.05, 4.69) is 36.1 Å². The molecule has 0 aliphatic heterocycles. The average molecular weight is 240 g/mol. The number of halogens is 1. The van der Waals surface area contributed by atoms with E-state index in [1.807, 2.05) is 0 Å². The summed E-state index contributed by atoms with van der Waals surface area (Å²) in [5.41, 5.74) is 7.00. The molecule has 2 aromatic heterocycles. The predicted molar refractivity (Wildman–Crippen MR) is 51.7 cm³/mol. The van der Waals surface area contributed by atoms with Crippen molar-refractivity contribution in [3.63, 3.8) is 0 Å². The fraction of sp³-hybridized carbons (Fsp3) is 0. The van der Waals surface area contributed by atoms with Gasteiger partial charge in [0.15, 0.2) is 0 Å². The van der Waals surface area contributed by atoms with E-state index < -0.39 is 0 Å². The van der Waals surface area contributed by atoms with Crippen LogP contribution in [0.3, 0.4) is 0 Å². The number of nitrogens with two attached hydrogens (primary N) is 1. The first-order chi connectivity index (χ1) is 6.29.